The minimum atomic E-state index is -0.709. The van der Waals surface area contributed by atoms with Gasteiger partial charge in [0, 0.05) is 17.2 Å². The van der Waals surface area contributed by atoms with Crippen molar-refractivity contribution in [3.05, 3.63) is 62.9 Å². The highest BCUT2D eigenvalue weighted by Crippen LogP contribution is 2.23. The number of rotatable bonds is 6. The van der Waals surface area contributed by atoms with E-state index in [1.165, 1.54) is 18.2 Å². The van der Waals surface area contributed by atoms with Gasteiger partial charge in [0.25, 0.3) is 11.6 Å². The fraction of sp³-hybridized carbons (Fsp3) is 0.0667. The maximum atomic E-state index is 13.6. The number of non-ortho nitro benzene ring substituents is 1. The number of nitro groups is 1. The van der Waals surface area contributed by atoms with Crippen LogP contribution in [0.3, 0.4) is 0 Å². The predicted molar refractivity (Wildman–Crippen MR) is 84.0 cm³/mol. The Hall–Kier alpha value is -3.00. The van der Waals surface area contributed by atoms with E-state index >= 15 is 0 Å². The quantitative estimate of drug-likeness (QED) is 0.489. The third-order valence-corrected chi connectivity index (χ3v) is 3.13. The van der Waals surface area contributed by atoms with Crippen LogP contribution < -0.4 is 10.1 Å². The maximum Gasteiger partial charge on any atom is 0.270 e. The number of benzene rings is 2. The number of amides is 1. The zero-order chi connectivity index (χ0) is 17.7. The maximum absolute atomic E-state index is 13.6. The van der Waals surface area contributed by atoms with E-state index in [4.69, 9.17) is 16.3 Å². The van der Waals surface area contributed by atoms with Crippen LogP contribution in [0.4, 0.5) is 15.8 Å². The number of halogens is 2. The minimum Gasteiger partial charge on any atom is -0.483 e. The number of anilines is 1. The summed E-state index contributed by atoms with van der Waals surface area (Å²) in [6.45, 7) is -0.513. The molecule has 24 heavy (non-hydrogen) atoms. The van der Waals surface area contributed by atoms with Gasteiger partial charge < -0.3 is 10.1 Å². The number of hydrogen-bond donors (Lipinski definition) is 1. The van der Waals surface area contributed by atoms with Gasteiger partial charge in [0.2, 0.25) is 0 Å². The van der Waals surface area contributed by atoms with Crippen molar-refractivity contribution in [1.82, 2.24) is 0 Å². The van der Waals surface area contributed by atoms with E-state index in [-0.39, 0.29) is 27.7 Å². The third kappa shape index (κ3) is 4.26. The summed E-state index contributed by atoms with van der Waals surface area (Å²) in [7, 11) is 0. The number of carbonyl (C=O) groups is 2. The normalized spacial score (nSPS) is 10.1. The molecule has 0 unspecified atom stereocenters. The molecule has 0 fully saturated rings. The average Bonchev–Trinajstić information content (AvgIpc) is 2.55. The van der Waals surface area contributed by atoms with Crippen molar-refractivity contribution in [1.29, 1.82) is 0 Å². The van der Waals surface area contributed by atoms with Gasteiger partial charge in [-0.25, -0.2) is 4.39 Å². The predicted octanol–water partition coefficient (Wildman–Crippen LogP) is 3.22. The third-order valence-electron chi connectivity index (χ3n) is 2.90. The summed E-state index contributed by atoms with van der Waals surface area (Å²) in [6.07, 6.45) is 0.374. The molecule has 7 nitrogen and oxygen atoms in total. The highest BCUT2D eigenvalue weighted by atomic mass is 35.5. The van der Waals surface area contributed by atoms with Gasteiger partial charge in [0.15, 0.2) is 12.9 Å². The molecule has 0 atom stereocenters. The number of hydrogen-bond acceptors (Lipinski definition) is 5. The number of nitrogens with zero attached hydrogens (tertiary/aromatic N) is 1. The Kier molecular flexibility index (Phi) is 5.43. The first-order chi connectivity index (χ1) is 11.4. The molecule has 0 bridgehead atoms. The summed E-state index contributed by atoms with van der Waals surface area (Å²) in [4.78, 5) is 32.7. The lowest BCUT2D eigenvalue weighted by Gasteiger charge is -2.09. The summed E-state index contributed by atoms with van der Waals surface area (Å²) in [5.41, 5.74) is -0.431. The van der Waals surface area contributed by atoms with Gasteiger partial charge in [-0.2, -0.15) is 0 Å². The molecular formula is C15H10ClFN2O5. The Morgan fingerprint density at radius 2 is 2.08 bits per heavy atom. The largest absolute Gasteiger partial charge is 0.483 e. The van der Waals surface area contributed by atoms with Crippen LogP contribution in [0.2, 0.25) is 5.02 Å². The summed E-state index contributed by atoms with van der Waals surface area (Å²) in [5, 5.41) is 13.1. The van der Waals surface area contributed by atoms with E-state index in [9.17, 15) is 24.1 Å². The van der Waals surface area contributed by atoms with Gasteiger partial charge in [-0.15, -0.1) is 0 Å². The second kappa shape index (κ2) is 7.51. The van der Waals surface area contributed by atoms with Gasteiger partial charge >= 0.3 is 0 Å². The topological polar surface area (TPSA) is 98.5 Å². The second-order valence-electron chi connectivity index (χ2n) is 4.56. The number of aldehydes is 1. The van der Waals surface area contributed by atoms with Crippen molar-refractivity contribution in [2.45, 2.75) is 0 Å². The smallest absolute Gasteiger partial charge is 0.270 e. The van der Waals surface area contributed by atoms with Gasteiger partial charge in [0.1, 0.15) is 11.6 Å². The monoisotopic (exact) mass is 352 g/mol. The molecule has 0 aliphatic heterocycles. The van der Waals surface area contributed by atoms with Crippen molar-refractivity contribution >= 4 is 35.2 Å². The van der Waals surface area contributed by atoms with Crippen LogP contribution in [0, 0.1) is 15.9 Å². The molecule has 0 saturated heterocycles. The molecule has 0 radical (unpaired) electrons. The van der Waals surface area contributed by atoms with Crippen LogP contribution >= 0.6 is 11.6 Å². The zero-order valence-electron chi connectivity index (χ0n) is 12.0. The average molecular weight is 353 g/mol. The lowest BCUT2D eigenvalue weighted by atomic mass is 10.2. The van der Waals surface area contributed by atoms with Crippen molar-refractivity contribution in [2.24, 2.45) is 0 Å². The van der Waals surface area contributed by atoms with E-state index in [2.05, 4.69) is 5.32 Å². The summed E-state index contributed by atoms with van der Waals surface area (Å²) < 4.78 is 18.7. The van der Waals surface area contributed by atoms with Crippen LogP contribution in [0.1, 0.15) is 10.4 Å². The van der Waals surface area contributed by atoms with Crippen LogP contribution in [-0.4, -0.2) is 23.7 Å². The Morgan fingerprint density at radius 3 is 2.71 bits per heavy atom. The summed E-state index contributed by atoms with van der Waals surface area (Å²) in [5.74, 6) is -1.38. The van der Waals surface area contributed by atoms with E-state index in [1.54, 1.807) is 0 Å². The number of carbonyl (C=O) groups excluding carboxylic acids is 2. The van der Waals surface area contributed by atoms with Crippen molar-refractivity contribution in [3.8, 4) is 5.75 Å². The molecule has 0 aliphatic carbocycles. The van der Waals surface area contributed by atoms with Gasteiger partial charge in [-0.1, -0.05) is 11.6 Å². The van der Waals surface area contributed by atoms with Crippen LogP contribution in [0.25, 0.3) is 0 Å². The van der Waals surface area contributed by atoms with Crippen molar-refractivity contribution in [2.75, 3.05) is 11.9 Å². The molecule has 0 aromatic heterocycles. The number of nitrogens with one attached hydrogen (secondary N) is 1. The SMILES string of the molecule is O=Cc1cc([N+](=O)[O-])ccc1OCC(=O)Nc1ccc(Cl)cc1F. The molecule has 0 heterocycles. The Morgan fingerprint density at radius 1 is 1.33 bits per heavy atom. The summed E-state index contributed by atoms with van der Waals surface area (Å²) >= 11 is 5.60. The summed E-state index contributed by atoms with van der Waals surface area (Å²) in [6, 6.07) is 7.11. The van der Waals surface area contributed by atoms with Crippen molar-refractivity contribution < 1.29 is 23.6 Å². The molecule has 2 rings (SSSR count). The molecule has 1 amide bonds. The Labute approximate surface area is 140 Å². The highest BCUT2D eigenvalue weighted by molar-refractivity contribution is 6.30. The fourth-order valence-electron chi connectivity index (χ4n) is 1.79. The van der Waals surface area contributed by atoms with E-state index < -0.39 is 23.3 Å². The molecule has 2 aromatic carbocycles. The number of nitro benzene ring substituents is 1. The Bertz CT molecular complexity index is 812. The minimum absolute atomic E-state index is 0.00216. The lowest BCUT2D eigenvalue weighted by molar-refractivity contribution is -0.384. The molecule has 1 N–H and O–H groups in total. The number of ether oxygens (including phenoxy) is 1. The second-order valence-corrected chi connectivity index (χ2v) is 4.99. The van der Waals surface area contributed by atoms with E-state index in [0.29, 0.717) is 6.29 Å². The highest BCUT2D eigenvalue weighted by Gasteiger charge is 2.13. The van der Waals surface area contributed by atoms with Gasteiger partial charge in [0.05, 0.1) is 16.2 Å². The molecule has 0 spiro atoms. The van der Waals surface area contributed by atoms with E-state index in [1.807, 2.05) is 0 Å². The standard InChI is InChI=1S/C15H10ClFN2O5/c16-10-1-3-13(12(17)6-10)18-15(21)8-24-14-4-2-11(19(22)23)5-9(14)7-20/h1-7H,8H2,(H,18,21). The molecule has 0 saturated carbocycles. The van der Waals surface area contributed by atoms with Gasteiger partial charge in [-0.05, 0) is 24.3 Å². The van der Waals surface area contributed by atoms with E-state index in [0.717, 1.165) is 18.2 Å². The van der Waals surface area contributed by atoms with Crippen LogP contribution in [0.15, 0.2) is 36.4 Å². The Balaban J connectivity index is 2.03. The van der Waals surface area contributed by atoms with Gasteiger partial charge in [-0.3, -0.25) is 19.7 Å². The molecule has 124 valence electrons. The first-order valence-electron chi connectivity index (χ1n) is 6.52. The first kappa shape index (κ1) is 17.4. The first-order valence-corrected chi connectivity index (χ1v) is 6.90. The van der Waals surface area contributed by atoms with Crippen LogP contribution in [0.5, 0.6) is 5.75 Å². The van der Waals surface area contributed by atoms with Crippen LogP contribution in [-0.2, 0) is 4.79 Å². The van der Waals surface area contributed by atoms with Crippen molar-refractivity contribution in [3.63, 3.8) is 0 Å². The lowest BCUT2D eigenvalue weighted by Crippen LogP contribution is -2.21. The zero-order valence-corrected chi connectivity index (χ0v) is 12.7. The molecule has 2 aromatic rings. The molecule has 9 heteroatoms. The fourth-order valence-corrected chi connectivity index (χ4v) is 1.95. The molecule has 0 aliphatic rings. The molecular weight excluding hydrogens is 343 g/mol.